The maximum Gasteiger partial charge on any atom is 0.219 e. The van der Waals surface area contributed by atoms with E-state index in [4.69, 9.17) is 0 Å². The van der Waals surface area contributed by atoms with Crippen LogP contribution < -0.4 is 10.6 Å². The summed E-state index contributed by atoms with van der Waals surface area (Å²) >= 11 is 0. The van der Waals surface area contributed by atoms with Crippen molar-refractivity contribution in [2.24, 2.45) is 0 Å². The highest BCUT2D eigenvalue weighted by atomic mass is 28.4. The summed E-state index contributed by atoms with van der Waals surface area (Å²) in [7, 11) is -2.30. The Morgan fingerprint density at radius 2 is 1.71 bits per heavy atom. The Balaban J connectivity index is 3.50. The predicted molar refractivity (Wildman–Crippen MR) is 56.2 cm³/mol. The van der Waals surface area contributed by atoms with Crippen molar-refractivity contribution in [3.8, 4) is 0 Å². The fraction of sp³-hybridized carbons (Fsp3) is 0.750. The number of carbonyl (C=O) groups excluding carboxylic acids is 2. The van der Waals surface area contributed by atoms with E-state index in [2.05, 4.69) is 10.6 Å². The first-order chi connectivity index (χ1) is 6.31. The van der Waals surface area contributed by atoms with E-state index in [1.54, 1.807) is 13.1 Å². The minimum atomic E-state index is -2.30. The molecule has 5 nitrogen and oxygen atoms in total. The lowest BCUT2D eigenvalue weighted by Gasteiger charge is -2.13. The van der Waals surface area contributed by atoms with Gasteiger partial charge in [0.2, 0.25) is 11.8 Å². The average molecular weight is 218 g/mol. The van der Waals surface area contributed by atoms with Crippen LogP contribution in [0.3, 0.4) is 0 Å². The lowest BCUT2D eigenvalue weighted by molar-refractivity contribution is -0.120. The van der Waals surface area contributed by atoms with E-state index in [0.29, 0.717) is 13.1 Å². The highest BCUT2D eigenvalue weighted by Gasteiger charge is 2.20. The van der Waals surface area contributed by atoms with Crippen LogP contribution in [-0.2, 0) is 9.59 Å². The summed E-state index contributed by atoms with van der Waals surface area (Å²) in [6, 6.07) is 0.201. The fourth-order valence-electron chi connectivity index (χ4n) is 0.896. The van der Waals surface area contributed by atoms with Gasteiger partial charge in [-0.1, -0.05) is 0 Å². The van der Waals surface area contributed by atoms with Crippen LogP contribution in [0, 0.1) is 0 Å². The standard InChI is InChI=1S/C8H18N2O3Si/c1-7(11)9-4-5-10-8(12)6-14(2,3)13/h13H,4-6H2,1-3H3,(H,9,11)(H,10,12). The first-order valence-corrected chi connectivity index (χ1v) is 7.70. The summed E-state index contributed by atoms with van der Waals surface area (Å²) in [5.74, 6) is -0.273. The largest absolute Gasteiger partial charge is 0.432 e. The molecule has 3 N–H and O–H groups in total. The molecule has 0 unspecified atom stereocenters. The van der Waals surface area contributed by atoms with E-state index in [9.17, 15) is 14.4 Å². The molecule has 0 aliphatic carbocycles. The topological polar surface area (TPSA) is 78.4 Å². The molecule has 0 bridgehead atoms. The summed E-state index contributed by atoms with van der Waals surface area (Å²) in [5.41, 5.74) is 0. The molecule has 0 rings (SSSR count). The van der Waals surface area contributed by atoms with Gasteiger partial charge in [-0.05, 0) is 13.1 Å². The Morgan fingerprint density at radius 3 is 2.14 bits per heavy atom. The van der Waals surface area contributed by atoms with E-state index >= 15 is 0 Å². The predicted octanol–water partition coefficient (Wildman–Crippen LogP) is -0.564. The molecule has 14 heavy (non-hydrogen) atoms. The highest BCUT2D eigenvalue weighted by molar-refractivity contribution is 6.72. The lowest BCUT2D eigenvalue weighted by atomic mass is 10.5. The van der Waals surface area contributed by atoms with Gasteiger partial charge in [-0.15, -0.1) is 0 Å². The third-order valence-electron chi connectivity index (χ3n) is 1.41. The minimum absolute atomic E-state index is 0.115. The van der Waals surface area contributed by atoms with Crippen molar-refractivity contribution >= 4 is 20.1 Å². The lowest BCUT2D eigenvalue weighted by Crippen LogP contribution is -2.38. The SMILES string of the molecule is CC(=O)NCCNC(=O)C[Si](C)(C)O. The van der Waals surface area contributed by atoms with Crippen molar-refractivity contribution in [1.29, 1.82) is 0 Å². The van der Waals surface area contributed by atoms with Crippen LogP contribution in [0.15, 0.2) is 0 Å². The molecule has 0 heterocycles. The molecular formula is C8H18N2O3Si. The molecule has 0 saturated carbocycles. The normalized spacial score (nSPS) is 10.9. The molecule has 0 aliphatic rings. The number of carbonyl (C=O) groups is 2. The zero-order valence-corrected chi connectivity index (χ0v) is 9.89. The van der Waals surface area contributed by atoms with Crippen LogP contribution in [0.4, 0.5) is 0 Å². The number of rotatable bonds is 5. The zero-order chi connectivity index (χ0) is 11.2. The van der Waals surface area contributed by atoms with E-state index < -0.39 is 8.32 Å². The molecule has 0 atom stereocenters. The Kier molecular flexibility index (Phi) is 5.40. The molecule has 0 saturated heterocycles. The Labute approximate surface area is 85.0 Å². The van der Waals surface area contributed by atoms with Gasteiger partial charge in [0.1, 0.15) is 0 Å². The number of amides is 2. The number of nitrogens with one attached hydrogen (secondary N) is 2. The Bertz CT molecular complexity index is 213. The second-order valence-electron chi connectivity index (χ2n) is 3.82. The second-order valence-corrected chi connectivity index (χ2v) is 7.80. The van der Waals surface area contributed by atoms with E-state index in [1.807, 2.05) is 0 Å². The van der Waals surface area contributed by atoms with Gasteiger partial charge in [-0.2, -0.15) is 0 Å². The van der Waals surface area contributed by atoms with Gasteiger partial charge < -0.3 is 15.4 Å². The van der Waals surface area contributed by atoms with Crippen LogP contribution >= 0.6 is 0 Å². The summed E-state index contributed by atoms with van der Waals surface area (Å²) in [5, 5.41) is 5.17. The second kappa shape index (κ2) is 5.76. The highest BCUT2D eigenvalue weighted by Crippen LogP contribution is 2.02. The minimum Gasteiger partial charge on any atom is -0.432 e. The van der Waals surface area contributed by atoms with Gasteiger partial charge in [-0.25, -0.2) is 0 Å². The first-order valence-electron chi connectivity index (χ1n) is 4.55. The Morgan fingerprint density at radius 1 is 1.21 bits per heavy atom. The monoisotopic (exact) mass is 218 g/mol. The van der Waals surface area contributed by atoms with Gasteiger partial charge in [0.15, 0.2) is 8.32 Å². The van der Waals surface area contributed by atoms with E-state index in [1.165, 1.54) is 6.92 Å². The van der Waals surface area contributed by atoms with Crippen molar-refractivity contribution in [3.05, 3.63) is 0 Å². The van der Waals surface area contributed by atoms with Crippen LogP contribution in [0.2, 0.25) is 19.1 Å². The van der Waals surface area contributed by atoms with Crippen LogP contribution in [0.25, 0.3) is 0 Å². The third-order valence-corrected chi connectivity index (χ3v) is 2.60. The van der Waals surface area contributed by atoms with Gasteiger partial charge in [-0.3, -0.25) is 9.59 Å². The average Bonchev–Trinajstić information content (AvgIpc) is 1.94. The summed E-state index contributed by atoms with van der Waals surface area (Å²) in [6.45, 7) is 5.67. The van der Waals surface area contributed by atoms with Crippen LogP contribution in [-0.4, -0.2) is 38.0 Å². The molecule has 0 aromatic heterocycles. The molecule has 0 radical (unpaired) electrons. The molecule has 82 valence electrons. The molecule has 0 fully saturated rings. The quantitative estimate of drug-likeness (QED) is 0.427. The first kappa shape index (κ1) is 13.1. The summed E-state index contributed by atoms with van der Waals surface area (Å²) in [6.07, 6.45) is 0. The van der Waals surface area contributed by atoms with Gasteiger partial charge in [0.25, 0.3) is 0 Å². The van der Waals surface area contributed by atoms with E-state index in [0.717, 1.165) is 0 Å². The third kappa shape index (κ3) is 9.21. The molecule has 0 aliphatic heterocycles. The molecule has 0 spiro atoms. The van der Waals surface area contributed by atoms with Crippen molar-refractivity contribution in [1.82, 2.24) is 10.6 Å². The van der Waals surface area contributed by atoms with Crippen molar-refractivity contribution in [2.45, 2.75) is 26.1 Å². The Hall–Kier alpha value is -0.883. The van der Waals surface area contributed by atoms with Gasteiger partial charge >= 0.3 is 0 Å². The van der Waals surface area contributed by atoms with Crippen LogP contribution in [0.1, 0.15) is 6.92 Å². The molecule has 0 aromatic carbocycles. The van der Waals surface area contributed by atoms with Crippen molar-refractivity contribution in [2.75, 3.05) is 13.1 Å². The molecular weight excluding hydrogens is 200 g/mol. The smallest absolute Gasteiger partial charge is 0.219 e. The van der Waals surface area contributed by atoms with Crippen molar-refractivity contribution in [3.63, 3.8) is 0 Å². The van der Waals surface area contributed by atoms with Crippen molar-refractivity contribution < 1.29 is 14.4 Å². The van der Waals surface area contributed by atoms with Gasteiger partial charge in [0.05, 0.1) is 0 Å². The summed E-state index contributed by atoms with van der Waals surface area (Å²) < 4.78 is 0. The molecule has 0 aromatic rings. The molecule has 6 heteroatoms. The maximum absolute atomic E-state index is 11.2. The fourth-order valence-corrected chi connectivity index (χ4v) is 1.81. The molecule has 2 amide bonds. The van der Waals surface area contributed by atoms with Crippen LogP contribution in [0.5, 0.6) is 0 Å². The van der Waals surface area contributed by atoms with Gasteiger partial charge in [0, 0.05) is 26.1 Å². The zero-order valence-electron chi connectivity index (χ0n) is 8.89. The summed E-state index contributed by atoms with van der Waals surface area (Å²) in [4.78, 5) is 31.1. The number of hydrogen-bond donors (Lipinski definition) is 3. The van der Waals surface area contributed by atoms with E-state index in [-0.39, 0.29) is 17.9 Å². The number of hydrogen-bond acceptors (Lipinski definition) is 3. The maximum atomic E-state index is 11.2.